The fourth-order valence-electron chi connectivity index (χ4n) is 4.45. The molecule has 0 amide bonds. The van der Waals surface area contributed by atoms with Gasteiger partial charge < -0.3 is 11.1 Å². The third kappa shape index (κ3) is 2.81. The number of halogens is 1. The number of fused-ring (bicyclic) bond motifs is 1. The van der Waals surface area contributed by atoms with E-state index in [0.29, 0.717) is 34.9 Å². The van der Waals surface area contributed by atoms with Gasteiger partial charge in [-0.15, -0.1) is 0 Å². The predicted molar refractivity (Wildman–Crippen MR) is 105 cm³/mol. The maximum atomic E-state index is 14.0. The number of aliphatic imine (C=N–C) groups is 1. The molecule has 10 nitrogen and oxygen atoms in total. The number of likely N-dealkylation sites (N-methyl/N-ethyl adjacent to an activating group) is 1. The third-order valence-corrected chi connectivity index (χ3v) is 5.88. The Bertz CT molecular complexity index is 1100. The minimum atomic E-state index is -0.363. The van der Waals surface area contributed by atoms with Gasteiger partial charge >= 0.3 is 5.95 Å². The molecule has 3 atom stereocenters. The van der Waals surface area contributed by atoms with Gasteiger partial charge in [-0.3, -0.25) is 4.40 Å². The van der Waals surface area contributed by atoms with Crippen LogP contribution in [0.3, 0.4) is 0 Å². The second-order valence-corrected chi connectivity index (χ2v) is 7.63. The van der Waals surface area contributed by atoms with Gasteiger partial charge in [0.05, 0.1) is 13.2 Å². The molecule has 2 aliphatic heterocycles. The summed E-state index contributed by atoms with van der Waals surface area (Å²) in [6.07, 6.45) is 7.17. The Balaban J connectivity index is 1.71. The average molecular weight is 397 g/mol. The molecule has 29 heavy (non-hydrogen) atoms. The summed E-state index contributed by atoms with van der Waals surface area (Å²) in [5, 5.41) is 18.4. The number of hydrogen-bond acceptors (Lipinski definition) is 7. The second kappa shape index (κ2) is 6.71. The molecule has 0 spiro atoms. The van der Waals surface area contributed by atoms with Crippen molar-refractivity contribution in [1.29, 1.82) is 0 Å². The van der Waals surface area contributed by atoms with Gasteiger partial charge in [0.15, 0.2) is 0 Å². The lowest BCUT2D eigenvalue weighted by Gasteiger charge is -2.42. The minimum Gasteiger partial charge on any atom is -0.384 e. The highest BCUT2D eigenvalue weighted by Gasteiger charge is 2.50. The summed E-state index contributed by atoms with van der Waals surface area (Å²) in [7, 11) is 1.99. The van der Waals surface area contributed by atoms with Gasteiger partial charge in [-0.1, -0.05) is 10.2 Å². The van der Waals surface area contributed by atoms with E-state index in [-0.39, 0.29) is 16.3 Å². The van der Waals surface area contributed by atoms with Crippen LogP contribution < -0.4 is 15.5 Å². The van der Waals surface area contributed by atoms with Crippen molar-refractivity contribution in [3.63, 3.8) is 0 Å². The van der Waals surface area contributed by atoms with Crippen LogP contribution in [0.25, 0.3) is 5.65 Å². The summed E-state index contributed by atoms with van der Waals surface area (Å²) >= 11 is 0. The molecule has 5 heterocycles. The second-order valence-electron chi connectivity index (χ2n) is 7.63. The van der Waals surface area contributed by atoms with Crippen LogP contribution in [-0.4, -0.2) is 62.0 Å². The van der Waals surface area contributed by atoms with Gasteiger partial charge in [-0.05, 0) is 36.7 Å². The smallest absolute Gasteiger partial charge is 0.374 e. The van der Waals surface area contributed by atoms with Crippen LogP contribution in [0.15, 0.2) is 41.4 Å². The van der Waals surface area contributed by atoms with Crippen molar-refractivity contribution < 1.29 is 4.39 Å². The molecule has 0 aliphatic carbocycles. The van der Waals surface area contributed by atoms with E-state index in [1.165, 1.54) is 12.3 Å². The lowest BCUT2D eigenvalue weighted by Crippen LogP contribution is -2.64. The Hall–Kier alpha value is -3.18. The lowest BCUT2D eigenvalue weighted by molar-refractivity contribution is 0.244. The number of nitrogens with two attached hydrogens (primary N) is 1. The van der Waals surface area contributed by atoms with Crippen molar-refractivity contribution in [2.75, 3.05) is 20.1 Å². The van der Waals surface area contributed by atoms with Gasteiger partial charge in [0.25, 0.3) is 5.84 Å². The summed E-state index contributed by atoms with van der Waals surface area (Å²) in [5.74, 6) is 1.42. The van der Waals surface area contributed by atoms with Crippen LogP contribution in [-0.2, 0) is 0 Å². The molecule has 2 aliphatic rings. The minimum absolute atomic E-state index is 0.0630. The van der Waals surface area contributed by atoms with Crippen LogP contribution in [0.4, 0.5) is 10.3 Å². The number of nitrogens with zero attached hydrogens (tertiary/aromatic N) is 7. The van der Waals surface area contributed by atoms with E-state index in [9.17, 15) is 4.39 Å². The first-order valence-corrected chi connectivity index (χ1v) is 9.58. The van der Waals surface area contributed by atoms with Crippen LogP contribution >= 0.6 is 0 Å². The third-order valence-electron chi connectivity index (χ3n) is 5.88. The number of H-pyrrole nitrogens is 1. The van der Waals surface area contributed by atoms with Gasteiger partial charge in [-0.2, -0.15) is 10.2 Å². The first-order chi connectivity index (χ1) is 14.1. The highest BCUT2D eigenvalue weighted by molar-refractivity contribution is 6.06. The van der Waals surface area contributed by atoms with E-state index in [4.69, 9.17) is 5.73 Å². The van der Waals surface area contributed by atoms with Crippen molar-refractivity contribution >= 4 is 17.4 Å². The number of imidazole rings is 1. The van der Waals surface area contributed by atoms with Crippen LogP contribution in [0.2, 0.25) is 0 Å². The van der Waals surface area contributed by atoms with Crippen molar-refractivity contribution in [1.82, 2.24) is 39.8 Å². The first kappa shape index (κ1) is 17.9. The normalized spacial score (nSPS) is 27.7. The van der Waals surface area contributed by atoms with Gasteiger partial charge in [0.1, 0.15) is 29.0 Å². The monoisotopic (exact) mass is 397 g/mol. The molecule has 0 radical (unpaired) electrons. The van der Waals surface area contributed by atoms with Crippen molar-refractivity contribution in [2.45, 2.75) is 18.9 Å². The van der Waals surface area contributed by atoms with E-state index >= 15 is 0 Å². The molecule has 3 aromatic rings. The van der Waals surface area contributed by atoms with E-state index in [1.54, 1.807) is 16.7 Å². The summed E-state index contributed by atoms with van der Waals surface area (Å²) < 4.78 is 15.8. The number of pyridine rings is 1. The Morgan fingerprint density at radius 1 is 1.34 bits per heavy atom. The average Bonchev–Trinajstić information content (AvgIpc) is 3.40. The molecule has 1 fully saturated rings. The number of nitrogens with one attached hydrogen (secondary N) is 2. The zero-order valence-electron chi connectivity index (χ0n) is 16.0. The highest BCUT2D eigenvalue weighted by atomic mass is 19.1. The number of hydrogen-bond donors (Lipinski definition) is 3. The SMILES string of the molecule is C[N@+]1(c2nn[nH]n2)C(c2cnc3ccc(F)cn23)=NC(N)=CC1C1CCCNC1. The van der Waals surface area contributed by atoms with Crippen LogP contribution in [0.5, 0.6) is 0 Å². The van der Waals surface area contributed by atoms with Crippen molar-refractivity contribution in [3.8, 4) is 0 Å². The zero-order chi connectivity index (χ0) is 20.0. The quantitative estimate of drug-likeness (QED) is 0.555. The first-order valence-electron chi connectivity index (χ1n) is 9.58. The molecule has 150 valence electrons. The van der Waals surface area contributed by atoms with E-state index < -0.39 is 0 Å². The summed E-state index contributed by atoms with van der Waals surface area (Å²) in [6, 6.07) is 2.95. The molecule has 11 heteroatoms. The van der Waals surface area contributed by atoms with Crippen LogP contribution in [0, 0.1) is 11.7 Å². The number of amidine groups is 1. The molecule has 1 saturated heterocycles. The molecule has 4 N–H and O–H groups in total. The summed E-state index contributed by atoms with van der Waals surface area (Å²) in [4.78, 5) is 9.07. The largest absolute Gasteiger partial charge is 0.384 e. The molecular weight excluding hydrogens is 375 g/mol. The van der Waals surface area contributed by atoms with E-state index in [1.807, 2.05) is 13.1 Å². The summed E-state index contributed by atoms with van der Waals surface area (Å²) in [6.45, 7) is 1.86. The number of rotatable bonds is 3. The Morgan fingerprint density at radius 3 is 3.00 bits per heavy atom. The summed E-state index contributed by atoms with van der Waals surface area (Å²) in [5.41, 5.74) is 7.51. The maximum Gasteiger partial charge on any atom is 0.374 e. The van der Waals surface area contributed by atoms with Crippen LogP contribution in [0.1, 0.15) is 18.5 Å². The molecule has 3 aromatic heterocycles. The zero-order valence-corrected chi connectivity index (χ0v) is 16.0. The number of tetrazole rings is 1. The molecule has 0 saturated carbocycles. The standard InChI is InChI=1S/C18H22FN10/c1-29(18-24-26-27-25-18)14(11-3-2-6-21-8-11)7-15(20)23-17(29)13-9-22-16-5-4-12(19)10-28(13)16/h4-5,7,9-11,14,21H,2-3,6,8,20H2,1H3,(H,24,25,26,27)/q+1/t11?,14?,29-/m1/s1. The predicted octanol–water partition coefficient (Wildman–Crippen LogP) is 0.552. The fraction of sp³-hybridized carbons (Fsp3) is 0.389. The van der Waals surface area contributed by atoms with Gasteiger partial charge in [0, 0.05) is 24.7 Å². The van der Waals surface area contributed by atoms with E-state index in [2.05, 4.69) is 35.9 Å². The Morgan fingerprint density at radius 2 is 2.24 bits per heavy atom. The number of aromatic amines is 1. The van der Waals surface area contributed by atoms with Crippen molar-refractivity contribution in [2.24, 2.45) is 16.6 Å². The number of aromatic nitrogens is 6. The van der Waals surface area contributed by atoms with Gasteiger partial charge in [-0.25, -0.2) is 13.9 Å². The molecular formula is C18H22FN10+. The Labute approximate surface area is 165 Å². The topological polar surface area (TPSA) is 122 Å². The highest BCUT2D eigenvalue weighted by Crippen LogP contribution is 2.34. The Kier molecular flexibility index (Phi) is 4.14. The molecule has 0 bridgehead atoms. The molecule has 0 aromatic carbocycles. The molecule has 2 unspecified atom stereocenters. The maximum absolute atomic E-state index is 14.0. The fourth-order valence-corrected chi connectivity index (χ4v) is 4.45. The number of quaternary nitrogens is 1. The van der Waals surface area contributed by atoms with E-state index in [0.717, 1.165) is 25.9 Å². The van der Waals surface area contributed by atoms with Gasteiger partial charge in [0.2, 0.25) is 0 Å². The lowest BCUT2D eigenvalue weighted by atomic mass is 9.88. The molecule has 5 rings (SSSR count). The van der Waals surface area contributed by atoms with Crippen molar-refractivity contribution in [3.05, 3.63) is 47.9 Å². The number of piperidine rings is 1.